The summed E-state index contributed by atoms with van der Waals surface area (Å²) in [5.74, 6) is -0.673. The molecule has 3 aromatic rings. The van der Waals surface area contributed by atoms with Crippen molar-refractivity contribution < 1.29 is 9.59 Å². The number of rotatable bonds is 3. The molecule has 0 unspecified atom stereocenters. The van der Waals surface area contributed by atoms with Gasteiger partial charge in [-0.15, -0.1) is 0 Å². The molecule has 1 aliphatic carbocycles. The number of aromatic nitrogens is 1. The number of amides is 1. The van der Waals surface area contributed by atoms with E-state index in [9.17, 15) is 14.4 Å². The van der Waals surface area contributed by atoms with Crippen molar-refractivity contribution in [3.05, 3.63) is 98.4 Å². The molecule has 1 aromatic heterocycles. The van der Waals surface area contributed by atoms with E-state index in [1.54, 1.807) is 24.3 Å². The van der Waals surface area contributed by atoms with E-state index in [1.165, 1.54) is 6.07 Å². The molecule has 0 bridgehead atoms. The van der Waals surface area contributed by atoms with E-state index in [2.05, 4.69) is 10.3 Å². The van der Waals surface area contributed by atoms with Gasteiger partial charge in [-0.1, -0.05) is 54.1 Å². The summed E-state index contributed by atoms with van der Waals surface area (Å²) in [5, 5.41) is 2.99. The van der Waals surface area contributed by atoms with Crippen LogP contribution in [0.25, 0.3) is 0 Å². The number of nitrogens with one attached hydrogen (secondary N) is 2. The molecule has 0 radical (unpaired) electrons. The number of H-pyrrole nitrogens is 1. The first-order valence-electron chi connectivity index (χ1n) is 8.93. The highest BCUT2D eigenvalue weighted by atomic mass is 35.5. The van der Waals surface area contributed by atoms with Crippen LogP contribution in [0.1, 0.15) is 44.3 Å². The molecular formula is C22H17ClN2O3. The summed E-state index contributed by atoms with van der Waals surface area (Å²) in [6.45, 7) is 0. The number of para-hydroxylation sites is 1. The minimum absolute atomic E-state index is 0.0136. The van der Waals surface area contributed by atoms with E-state index in [0.717, 1.165) is 5.56 Å². The summed E-state index contributed by atoms with van der Waals surface area (Å²) in [7, 11) is 0. The topological polar surface area (TPSA) is 79.0 Å². The Morgan fingerprint density at radius 1 is 1.00 bits per heavy atom. The van der Waals surface area contributed by atoms with Crippen LogP contribution in [-0.4, -0.2) is 16.7 Å². The molecule has 1 heterocycles. The second-order valence-electron chi connectivity index (χ2n) is 6.78. The highest BCUT2D eigenvalue weighted by molar-refractivity contribution is 6.33. The van der Waals surface area contributed by atoms with Crippen molar-refractivity contribution in [2.45, 2.75) is 18.8 Å². The Morgan fingerprint density at radius 3 is 2.46 bits per heavy atom. The number of pyridine rings is 1. The zero-order valence-electron chi connectivity index (χ0n) is 14.9. The van der Waals surface area contributed by atoms with Crippen molar-refractivity contribution in [1.82, 2.24) is 4.98 Å². The van der Waals surface area contributed by atoms with Crippen LogP contribution >= 0.6 is 11.6 Å². The Morgan fingerprint density at radius 2 is 1.71 bits per heavy atom. The van der Waals surface area contributed by atoms with Gasteiger partial charge in [-0.2, -0.15) is 0 Å². The van der Waals surface area contributed by atoms with Crippen LogP contribution in [0, 0.1) is 0 Å². The number of carbonyl (C=O) groups is 2. The molecule has 2 N–H and O–H groups in total. The molecule has 1 amide bonds. The SMILES string of the molecule is O=C1C[C@@H](c2ccccc2)Cc2[nH]c(=O)c(C(=O)Nc3ccccc3Cl)cc21. The smallest absolute Gasteiger partial charge is 0.261 e. The lowest BCUT2D eigenvalue weighted by atomic mass is 9.81. The summed E-state index contributed by atoms with van der Waals surface area (Å²) in [6.07, 6.45) is 0.890. The largest absolute Gasteiger partial charge is 0.325 e. The van der Waals surface area contributed by atoms with Crippen LogP contribution in [0.4, 0.5) is 5.69 Å². The van der Waals surface area contributed by atoms with Crippen molar-refractivity contribution in [3.8, 4) is 0 Å². The quantitative estimate of drug-likeness (QED) is 0.701. The van der Waals surface area contributed by atoms with Gasteiger partial charge in [0.1, 0.15) is 5.56 Å². The van der Waals surface area contributed by atoms with Gasteiger partial charge < -0.3 is 10.3 Å². The zero-order chi connectivity index (χ0) is 19.7. The highest BCUT2D eigenvalue weighted by Gasteiger charge is 2.28. The van der Waals surface area contributed by atoms with Gasteiger partial charge in [0, 0.05) is 17.7 Å². The van der Waals surface area contributed by atoms with E-state index in [0.29, 0.717) is 34.8 Å². The van der Waals surface area contributed by atoms with Crippen molar-refractivity contribution in [2.24, 2.45) is 0 Å². The summed E-state index contributed by atoms with van der Waals surface area (Å²) in [4.78, 5) is 40.5. The molecule has 28 heavy (non-hydrogen) atoms. The Bertz CT molecular complexity index is 1120. The number of ketones is 1. The molecule has 140 valence electrons. The lowest BCUT2D eigenvalue weighted by Crippen LogP contribution is -2.29. The monoisotopic (exact) mass is 392 g/mol. The third-order valence-electron chi connectivity index (χ3n) is 4.94. The van der Waals surface area contributed by atoms with Crippen molar-refractivity contribution >= 4 is 29.0 Å². The number of hydrogen-bond acceptors (Lipinski definition) is 3. The first-order valence-corrected chi connectivity index (χ1v) is 9.31. The van der Waals surface area contributed by atoms with Crippen molar-refractivity contribution in [1.29, 1.82) is 0 Å². The Labute approximate surface area is 166 Å². The van der Waals surface area contributed by atoms with Gasteiger partial charge in [0.25, 0.3) is 11.5 Å². The Hall–Kier alpha value is -3.18. The molecule has 0 fully saturated rings. The van der Waals surface area contributed by atoms with E-state index >= 15 is 0 Å². The van der Waals surface area contributed by atoms with Crippen LogP contribution in [0.5, 0.6) is 0 Å². The summed E-state index contributed by atoms with van der Waals surface area (Å²) >= 11 is 6.05. The van der Waals surface area contributed by atoms with Gasteiger partial charge in [-0.25, -0.2) is 0 Å². The number of benzene rings is 2. The number of halogens is 1. The van der Waals surface area contributed by atoms with Gasteiger partial charge >= 0.3 is 0 Å². The maximum absolute atomic E-state index is 12.7. The van der Waals surface area contributed by atoms with Crippen molar-refractivity contribution in [3.63, 3.8) is 0 Å². The standard InChI is InChI=1S/C22H17ClN2O3/c23-17-8-4-5-9-18(17)24-21(27)16-12-15-19(25-22(16)28)10-14(11-20(15)26)13-6-2-1-3-7-13/h1-9,12,14H,10-11H2,(H,24,27)(H,25,28)/t14-/m0/s1. The minimum atomic E-state index is -0.602. The second kappa shape index (κ2) is 7.44. The van der Waals surface area contributed by atoms with Crippen LogP contribution in [0.3, 0.4) is 0 Å². The molecule has 1 aliphatic rings. The number of fused-ring (bicyclic) bond motifs is 1. The average Bonchev–Trinajstić information content (AvgIpc) is 2.69. The molecule has 4 rings (SSSR count). The lowest BCUT2D eigenvalue weighted by molar-refractivity contribution is 0.0963. The summed E-state index contributed by atoms with van der Waals surface area (Å²) in [6, 6.07) is 17.9. The molecule has 5 nitrogen and oxygen atoms in total. The van der Waals surface area contributed by atoms with Gasteiger partial charge in [0.2, 0.25) is 0 Å². The zero-order valence-corrected chi connectivity index (χ0v) is 15.6. The lowest BCUT2D eigenvalue weighted by Gasteiger charge is -2.24. The first-order chi connectivity index (χ1) is 13.5. The fraction of sp³-hybridized carbons (Fsp3) is 0.136. The van der Waals surface area contributed by atoms with E-state index in [-0.39, 0.29) is 17.3 Å². The molecule has 1 atom stereocenters. The number of aromatic amines is 1. The number of carbonyl (C=O) groups excluding carboxylic acids is 2. The second-order valence-corrected chi connectivity index (χ2v) is 7.18. The predicted octanol–water partition coefficient (Wildman–Crippen LogP) is 4.19. The fourth-order valence-corrected chi connectivity index (χ4v) is 3.70. The van der Waals surface area contributed by atoms with Gasteiger partial charge in [-0.05, 0) is 36.1 Å². The number of anilines is 1. The summed E-state index contributed by atoms with van der Waals surface area (Å²) in [5.41, 5.74) is 1.81. The molecule has 0 saturated heterocycles. The molecular weight excluding hydrogens is 376 g/mol. The van der Waals surface area contributed by atoms with Gasteiger partial charge in [0.15, 0.2) is 5.78 Å². The van der Waals surface area contributed by atoms with Gasteiger partial charge in [-0.3, -0.25) is 14.4 Å². The van der Waals surface area contributed by atoms with Crippen molar-refractivity contribution in [2.75, 3.05) is 5.32 Å². The van der Waals surface area contributed by atoms with Gasteiger partial charge in [0.05, 0.1) is 10.7 Å². The first kappa shape index (κ1) is 18.2. The fourth-order valence-electron chi connectivity index (χ4n) is 3.51. The maximum Gasteiger partial charge on any atom is 0.261 e. The average molecular weight is 393 g/mol. The van der Waals surface area contributed by atoms with Crippen LogP contribution in [0.2, 0.25) is 5.02 Å². The Kier molecular flexibility index (Phi) is 4.84. The van der Waals surface area contributed by atoms with Crippen LogP contribution in [0.15, 0.2) is 65.5 Å². The minimum Gasteiger partial charge on any atom is -0.325 e. The van der Waals surface area contributed by atoms with Crippen LogP contribution in [-0.2, 0) is 6.42 Å². The maximum atomic E-state index is 12.7. The third kappa shape index (κ3) is 3.49. The molecule has 6 heteroatoms. The van der Waals surface area contributed by atoms with E-state index in [1.807, 2.05) is 30.3 Å². The third-order valence-corrected chi connectivity index (χ3v) is 5.27. The molecule has 0 aliphatic heterocycles. The summed E-state index contributed by atoms with van der Waals surface area (Å²) < 4.78 is 0. The van der Waals surface area contributed by atoms with E-state index < -0.39 is 11.5 Å². The number of Topliss-reactive ketones (excluding diaryl/α,β-unsaturated/α-hetero) is 1. The van der Waals surface area contributed by atoms with Crippen LogP contribution < -0.4 is 10.9 Å². The normalized spacial score (nSPS) is 15.8. The molecule has 2 aromatic carbocycles. The highest BCUT2D eigenvalue weighted by Crippen LogP contribution is 2.31. The number of hydrogen-bond donors (Lipinski definition) is 2. The van der Waals surface area contributed by atoms with E-state index in [4.69, 9.17) is 11.6 Å². The predicted molar refractivity (Wildman–Crippen MR) is 108 cm³/mol. The molecule has 0 spiro atoms. The Balaban J connectivity index is 1.64. The molecule has 0 saturated carbocycles.